The number of piperidine rings is 1. The van der Waals surface area contributed by atoms with Gasteiger partial charge in [-0.05, 0) is 64.3 Å². The van der Waals surface area contributed by atoms with Gasteiger partial charge in [0.15, 0.2) is 0 Å². The number of carbonyl (C=O) groups is 1. The smallest absolute Gasteiger partial charge is 0.238 e. The minimum Gasteiger partial charge on any atom is -0.378 e. The van der Waals surface area contributed by atoms with Crippen molar-refractivity contribution >= 4 is 17.3 Å². The Labute approximate surface area is 133 Å². The fourth-order valence-corrected chi connectivity index (χ4v) is 2.83. The number of nitrogens with one attached hydrogen (secondary N) is 1. The van der Waals surface area contributed by atoms with Gasteiger partial charge in [-0.25, -0.2) is 0 Å². The lowest BCUT2D eigenvalue weighted by Gasteiger charge is -2.34. The lowest BCUT2D eigenvalue weighted by molar-refractivity contribution is -0.117. The number of benzene rings is 1. The third kappa shape index (κ3) is 4.71. The molecule has 1 fully saturated rings. The maximum atomic E-state index is 12.2. The summed E-state index contributed by atoms with van der Waals surface area (Å²) < 4.78 is 0. The number of amides is 1. The molecule has 0 radical (unpaired) electrons. The van der Waals surface area contributed by atoms with Crippen molar-refractivity contribution in [1.29, 1.82) is 0 Å². The van der Waals surface area contributed by atoms with E-state index in [1.165, 1.54) is 0 Å². The molecule has 1 N–H and O–H groups in total. The summed E-state index contributed by atoms with van der Waals surface area (Å²) >= 11 is 0. The molecule has 0 atom stereocenters. The predicted octanol–water partition coefficient (Wildman–Crippen LogP) is 1.72. The van der Waals surface area contributed by atoms with E-state index in [4.69, 9.17) is 0 Å². The molecule has 0 unspecified atom stereocenters. The number of anilines is 2. The summed E-state index contributed by atoms with van der Waals surface area (Å²) in [5.41, 5.74) is 1.98. The Bertz CT molecular complexity index is 478. The molecule has 5 nitrogen and oxygen atoms in total. The molecule has 0 saturated carbocycles. The highest BCUT2D eigenvalue weighted by Gasteiger charge is 2.21. The highest BCUT2D eigenvalue weighted by atomic mass is 16.2. The van der Waals surface area contributed by atoms with Crippen LogP contribution in [0.2, 0.25) is 0 Å². The highest BCUT2D eigenvalue weighted by Crippen LogP contribution is 2.16. The number of nitrogens with zero attached hydrogens (tertiary/aromatic N) is 3. The van der Waals surface area contributed by atoms with Gasteiger partial charge < -0.3 is 15.1 Å². The first-order chi connectivity index (χ1) is 10.5. The Morgan fingerprint density at radius 3 is 2.32 bits per heavy atom. The Morgan fingerprint density at radius 1 is 1.18 bits per heavy atom. The molecular formula is C17H28N4O. The molecule has 1 aliphatic rings. The maximum Gasteiger partial charge on any atom is 0.238 e. The standard InChI is InChI=1S/C17H28N4O/c1-19(2)15-7-5-14(6-8-15)18-17(22)13-21(4)16-9-11-20(3)12-10-16/h5-8,16H,9-13H2,1-4H3,(H,18,22). The summed E-state index contributed by atoms with van der Waals surface area (Å²) in [5.74, 6) is 0.0547. The molecule has 1 saturated heterocycles. The second kappa shape index (κ2) is 7.61. The van der Waals surface area contributed by atoms with Gasteiger partial charge in [-0.2, -0.15) is 0 Å². The van der Waals surface area contributed by atoms with Gasteiger partial charge in [0.25, 0.3) is 0 Å². The monoisotopic (exact) mass is 304 g/mol. The quantitative estimate of drug-likeness (QED) is 0.899. The molecule has 22 heavy (non-hydrogen) atoms. The minimum atomic E-state index is 0.0547. The van der Waals surface area contributed by atoms with Crippen molar-refractivity contribution in [2.24, 2.45) is 0 Å². The van der Waals surface area contributed by atoms with Gasteiger partial charge in [-0.3, -0.25) is 9.69 Å². The molecule has 0 spiro atoms. The molecule has 1 aromatic rings. The van der Waals surface area contributed by atoms with Crippen LogP contribution >= 0.6 is 0 Å². The van der Waals surface area contributed by atoms with E-state index in [0.29, 0.717) is 12.6 Å². The van der Waals surface area contributed by atoms with Crippen molar-refractivity contribution in [1.82, 2.24) is 9.80 Å². The maximum absolute atomic E-state index is 12.2. The number of likely N-dealkylation sites (tertiary alicyclic amines) is 1. The van der Waals surface area contributed by atoms with Crippen LogP contribution in [0.4, 0.5) is 11.4 Å². The van der Waals surface area contributed by atoms with Crippen LogP contribution < -0.4 is 10.2 Å². The van der Waals surface area contributed by atoms with Crippen LogP contribution in [0.5, 0.6) is 0 Å². The van der Waals surface area contributed by atoms with E-state index in [0.717, 1.165) is 37.3 Å². The van der Waals surface area contributed by atoms with Gasteiger partial charge in [0.05, 0.1) is 6.54 Å². The number of likely N-dealkylation sites (N-methyl/N-ethyl adjacent to an activating group) is 1. The van der Waals surface area contributed by atoms with Gasteiger partial charge in [-0.1, -0.05) is 0 Å². The van der Waals surface area contributed by atoms with Crippen molar-refractivity contribution in [2.75, 3.05) is 58.0 Å². The summed E-state index contributed by atoms with van der Waals surface area (Å²) in [6.45, 7) is 2.68. The number of rotatable bonds is 5. The summed E-state index contributed by atoms with van der Waals surface area (Å²) in [4.78, 5) is 18.7. The van der Waals surface area contributed by atoms with Crippen LogP contribution in [0.25, 0.3) is 0 Å². The van der Waals surface area contributed by atoms with Crippen molar-refractivity contribution < 1.29 is 4.79 Å². The topological polar surface area (TPSA) is 38.8 Å². The molecule has 1 amide bonds. The van der Waals surface area contributed by atoms with Crippen LogP contribution in [-0.4, -0.2) is 69.6 Å². The van der Waals surface area contributed by atoms with Gasteiger partial charge >= 0.3 is 0 Å². The molecular weight excluding hydrogens is 276 g/mol. The van der Waals surface area contributed by atoms with Crippen LogP contribution in [0.1, 0.15) is 12.8 Å². The molecule has 1 aliphatic heterocycles. The first-order valence-electron chi connectivity index (χ1n) is 7.91. The summed E-state index contributed by atoms with van der Waals surface area (Å²) in [6, 6.07) is 8.43. The van der Waals surface area contributed by atoms with Gasteiger partial charge in [0, 0.05) is 31.5 Å². The number of carbonyl (C=O) groups excluding carboxylic acids is 1. The van der Waals surface area contributed by atoms with E-state index in [1.54, 1.807) is 0 Å². The van der Waals surface area contributed by atoms with Gasteiger partial charge in [-0.15, -0.1) is 0 Å². The fraction of sp³-hybridized carbons (Fsp3) is 0.588. The molecule has 5 heteroatoms. The number of hydrogen-bond donors (Lipinski definition) is 1. The van der Waals surface area contributed by atoms with E-state index >= 15 is 0 Å². The molecule has 0 bridgehead atoms. The summed E-state index contributed by atoms with van der Waals surface area (Å²) in [7, 11) is 8.21. The fourth-order valence-electron chi connectivity index (χ4n) is 2.83. The van der Waals surface area contributed by atoms with Crippen LogP contribution in [0.15, 0.2) is 24.3 Å². The van der Waals surface area contributed by atoms with E-state index < -0.39 is 0 Å². The van der Waals surface area contributed by atoms with Gasteiger partial charge in [0.2, 0.25) is 5.91 Å². The van der Waals surface area contributed by atoms with E-state index in [9.17, 15) is 4.79 Å². The first-order valence-corrected chi connectivity index (χ1v) is 7.91. The average Bonchev–Trinajstić information content (AvgIpc) is 2.48. The molecule has 0 aliphatic carbocycles. The van der Waals surface area contributed by atoms with Crippen molar-refractivity contribution in [3.05, 3.63) is 24.3 Å². The minimum absolute atomic E-state index is 0.0547. The SMILES string of the molecule is CN1CCC(N(C)CC(=O)Nc2ccc(N(C)C)cc2)CC1. The molecule has 0 aromatic heterocycles. The van der Waals surface area contributed by atoms with Gasteiger partial charge in [0.1, 0.15) is 0 Å². The van der Waals surface area contributed by atoms with Crippen molar-refractivity contribution in [2.45, 2.75) is 18.9 Å². The van der Waals surface area contributed by atoms with Crippen LogP contribution in [-0.2, 0) is 4.79 Å². The Morgan fingerprint density at radius 2 is 1.77 bits per heavy atom. The Hall–Kier alpha value is -1.59. The predicted molar refractivity (Wildman–Crippen MR) is 92.5 cm³/mol. The average molecular weight is 304 g/mol. The largest absolute Gasteiger partial charge is 0.378 e. The third-order valence-corrected chi connectivity index (χ3v) is 4.37. The lowest BCUT2D eigenvalue weighted by atomic mass is 10.0. The van der Waals surface area contributed by atoms with E-state index in [2.05, 4.69) is 22.2 Å². The molecule has 2 rings (SSSR count). The summed E-state index contributed by atoms with van der Waals surface area (Å²) in [6.07, 6.45) is 2.27. The zero-order valence-corrected chi connectivity index (χ0v) is 14.2. The van der Waals surface area contributed by atoms with Crippen LogP contribution in [0, 0.1) is 0 Å². The second-order valence-corrected chi connectivity index (χ2v) is 6.44. The first kappa shape index (κ1) is 16.8. The lowest BCUT2D eigenvalue weighted by Crippen LogP contribution is -2.44. The normalized spacial score (nSPS) is 16.8. The zero-order valence-electron chi connectivity index (χ0n) is 14.2. The molecule has 1 aromatic carbocycles. The highest BCUT2D eigenvalue weighted by molar-refractivity contribution is 5.92. The molecule has 122 valence electrons. The zero-order chi connectivity index (χ0) is 16.1. The Balaban J connectivity index is 1.82. The van der Waals surface area contributed by atoms with Crippen molar-refractivity contribution in [3.8, 4) is 0 Å². The van der Waals surface area contributed by atoms with Crippen LogP contribution in [0.3, 0.4) is 0 Å². The second-order valence-electron chi connectivity index (χ2n) is 6.44. The Kier molecular flexibility index (Phi) is 5.80. The number of hydrogen-bond acceptors (Lipinski definition) is 4. The van der Waals surface area contributed by atoms with E-state index in [-0.39, 0.29) is 5.91 Å². The van der Waals surface area contributed by atoms with Crippen molar-refractivity contribution in [3.63, 3.8) is 0 Å². The molecule has 1 heterocycles. The summed E-state index contributed by atoms with van der Waals surface area (Å²) in [5, 5.41) is 2.98. The third-order valence-electron chi connectivity index (χ3n) is 4.37. The van der Waals surface area contributed by atoms with E-state index in [1.807, 2.05) is 50.3 Å².